The van der Waals surface area contributed by atoms with Gasteiger partial charge in [-0.25, -0.2) is 0 Å². The molecule has 5 heteroatoms. The molecule has 1 aromatic heterocycles. The fraction of sp³-hybridized carbons (Fsp3) is 0.553. The predicted molar refractivity (Wildman–Crippen MR) is 178 cm³/mol. The molecule has 2 heterocycles. The van der Waals surface area contributed by atoms with Gasteiger partial charge >= 0.3 is 0 Å². The minimum atomic E-state index is -0.407. The molecule has 0 amide bonds. The Kier molecular flexibility index (Phi) is 13.6. The molecule has 0 bridgehead atoms. The third-order valence-corrected chi connectivity index (χ3v) is 9.29. The molecule has 239 valence electrons. The van der Waals surface area contributed by atoms with Gasteiger partial charge in [0.05, 0.1) is 12.2 Å². The van der Waals surface area contributed by atoms with Crippen LogP contribution in [-0.4, -0.2) is 34.5 Å². The number of aromatic nitrogens is 1. The number of pyridine rings is 1. The Morgan fingerprint density at radius 2 is 1.26 bits per heavy atom. The zero-order valence-electron chi connectivity index (χ0n) is 28.2. The topological polar surface area (TPSA) is 56.6 Å². The minimum Gasteiger partial charge on any atom is -0.393 e. The zero-order chi connectivity index (χ0) is 31.4. The van der Waals surface area contributed by atoms with E-state index in [-0.39, 0.29) is 37.4 Å². The van der Waals surface area contributed by atoms with E-state index in [9.17, 15) is 10.2 Å². The molecule has 4 nitrogen and oxygen atoms in total. The van der Waals surface area contributed by atoms with Crippen molar-refractivity contribution in [2.24, 2.45) is 35.5 Å². The quantitative estimate of drug-likeness (QED) is 0.214. The fourth-order valence-electron chi connectivity index (χ4n) is 7.49. The number of nitrogens with zero attached hydrogens (tertiary/aromatic N) is 2. The van der Waals surface area contributed by atoms with Gasteiger partial charge in [0, 0.05) is 44.5 Å². The van der Waals surface area contributed by atoms with Crippen LogP contribution in [0, 0.1) is 41.6 Å². The van der Waals surface area contributed by atoms with Gasteiger partial charge in [0.2, 0.25) is 0 Å². The van der Waals surface area contributed by atoms with Crippen molar-refractivity contribution in [3.05, 3.63) is 78.0 Å². The molecule has 1 aliphatic heterocycles. The number of para-hydroxylation sites is 1. The maximum absolute atomic E-state index is 10.5. The Morgan fingerprint density at radius 3 is 1.74 bits per heavy atom. The van der Waals surface area contributed by atoms with Gasteiger partial charge in [-0.2, -0.15) is 0 Å². The minimum absolute atomic E-state index is 0. The van der Waals surface area contributed by atoms with E-state index in [4.69, 9.17) is 0 Å². The SMILES string of the molecule is CC(C)C(C(C)C)C(O)CC(O)C(C(C)C)C(C)C.CN1c2ccccc2C(C)(C)c2cc[c-]c(-c3ccccn3)c21.[Ir]. The number of fused-ring (bicyclic) bond motifs is 2. The van der Waals surface area contributed by atoms with Crippen LogP contribution < -0.4 is 4.90 Å². The average molecular weight is 764 g/mol. The summed E-state index contributed by atoms with van der Waals surface area (Å²) in [5.74, 6) is 2.29. The number of hydrogen-bond donors (Lipinski definition) is 2. The van der Waals surface area contributed by atoms with E-state index in [0.717, 1.165) is 11.3 Å². The van der Waals surface area contributed by atoms with Crippen molar-refractivity contribution in [3.8, 4) is 11.3 Å². The van der Waals surface area contributed by atoms with Crippen molar-refractivity contribution in [2.45, 2.75) is 93.3 Å². The van der Waals surface area contributed by atoms with Crippen LogP contribution in [0.4, 0.5) is 11.4 Å². The van der Waals surface area contributed by atoms with Crippen LogP contribution in [0.5, 0.6) is 0 Å². The Labute approximate surface area is 275 Å². The van der Waals surface area contributed by atoms with Crippen LogP contribution in [0.2, 0.25) is 0 Å². The summed E-state index contributed by atoms with van der Waals surface area (Å²) in [5, 5.41) is 20.9. The molecule has 0 fully saturated rings. The molecule has 2 aromatic carbocycles. The van der Waals surface area contributed by atoms with Crippen LogP contribution in [0.3, 0.4) is 0 Å². The van der Waals surface area contributed by atoms with Crippen molar-refractivity contribution >= 4 is 11.4 Å². The summed E-state index contributed by atoms with van der Waals surface area (Å²) in [7, 11) is 2.13. The summed E-state index contributed by atoms with van der Waals surface area (Å²) in [6.45, 7) is 21.8. The monoisotopic (exact) mass is 764 g/mol. The second-order valence-electron chi connectivity index (χ2n) is 14.0. The van der Waals surface area contributed by atoms with Crippen molar-refractivity contribution in [3.63, 3.8) is 0 Å². The van der Waals surface area contributed by atoms with Gasteiger partial charge in [-0.1, -0.05) is 105 Å². The predicted octanol–water partition coefficient (Wildman–Crippen LogP) is 8.91. The molecule has 2 N–H and O–H groups in total. The Hall–Kier alpha value is -2.04. The average Bonchev–Trinajstić information content (AvgIpc) is 2.91. The van der Waals surface area contributed by atoms with Gasteiger partial charge < -0.3 is 20.1 Å². The van der Waals surface area contributed by atoms with Crippen LogP contribution in [0.1, 0.15) is 86.8 Å². The van der Waals surface area contributed by atoms with E-state index in [1.807, 2.05) is 30.5 Å². The van der Waals surface area contributed by atoms with Crippen LogP contribution in [0.15, 0.2) is 60.8 Å². The van der Waals surface area contributed by atoms with Gasteiger partial charge in [-0.3, -0.25) is 0 Å². The summed E-state index contributed by atoms with van der Waals surface area (Å²) in [6.07, 6.45) is 1.53. The van der Waals surface area contributed by atoms with E-state index < -0.39 is 12.2 Å². The number of anilines is 2. The van der Waals surface area contributed by atoms with E-state index in [1.54, 1.807) is 0 Å². The third-order valence-electron chi connectivity index (χ3n) is 9.29. The smallest absolute Gasteiger partial charge is 0.0598 e. The first-order chi connectivity index (χ1) is 19.7. The maximum atomic E-state index is 10.5. The van der Waals surface area contributed by atoms with Crippen molar-refractivity contribution in [1.29, 1.82) is 0 Å². The molecular formula is C38H55IrN2O2-. The van der Waals surface area contributed by atoms with Crippen LogP contribution in [0.25, 0.3) is 11.3 Å². The van der Waals surface area contributed by atoms with E-state index in [2.05, 4.69) is 123 Å². The number of aliphatic hydroxyl groups is 2. The molecule has 4 rings (SSSR count). The van der Waals surface area contributed by atoms with Gasteiger partial charge in [0.15, 0.2) is 0 Å². The first-order valence-corrected chi connectivity index (χ1v) is 15.9. The zero-order valence-corrected chi connectivity index (χ0v) is 30.6. The fourth-order valence-corrected chi connectivity index (χ4v) is 7.49. The van der Waals surface area contributed by atoms with E-state index in [1.165, 1.54) is 22.5 Å². The van der Waals surface area contributed by atoms with Crippen molar-refractivity contribution in [2.75, 3.05) is 11.9 Å². The normalized spacial score (nSPS) is 15.3. The molecule has 1 aliphatic rings. The first-order valence-electron chi connectivity index (χ1n) is 15.9. The molecule has 0 spiro atoms. The second kappa shape index (κ2) is 15.8. The van der Waals surface area contributed by atoms with E-state index >= 15 is 0 Å². The summed E-state index contributed by atoms with van der Waals surface area (Å²) in [4.78, 5) is 6.81. The first kappa shape index (κ1) is 37.1. The van der Waals surface area contributed by atoms with Gasteiger partial charge in [0.1, 0.15) is 0 Å². The van der Waals surface area contributed by atoms with Crippen molar-refractivity contribution in [1.82, 2.24) is 4.98 Å². The number of hydrogen-bond acceptors (Lipinski definition) is 4. The number of benzene rings is 2. The second-order valence-corrected chi connectivity index (χ2v) is 14.0. The molecule has 0 saturated heterocycles. The van der Waals surface area contributed by atoms with Crippen LogP contribution in [-0.2, 0) is 25.5 Å². The Bertz CT molecular complexity index is 1230. The summed E-state index contributed by atoms with van der Waals surface area (Å²) in [5.41, 5.74) is 7.11. The van der Waals surface area contributed by atoms with Crippen LogP contribution >= 0.6 is 0 Å². The molecule has 43 heavy (non-hydrogen) atoms. The molecule has 0 saturated carbocycles. The number of rotatable bonds is 9. The Balaban J connectivity index is 0.000000301. The summed E-state index contributed by atoms with van der Waals surface area (Å²) < 4.78 is 0. The molecule has 1 radical (unpaired) electrons. The third kappa shape index (κ3) is 8.37. The van der Waals surface area contributed by atoms with E-state index in [0.29, 0.717) is 30.1 Å². The summed E-state index contributed by atoms with van der Waals surface area (Å²) in [6, 6.07) is 22.3. The van der Waals surface area contributed by atoms with Gasteiger partial charge in [-0.15, -0.1) is 23.8 Å². The molecule has 3 aromatic rings. The maximum Gasteiger partial charge on any atom is 0.0598 e. The largest absolute Gasteiger partial charge is 0.393 e. The number of aliphatic hydroxyl groups excluding tert-OH is 2. The van der Waals surface area contributed by atoms with Gasteiger partial charge in [0.25, 0.3) is 0 Å². The van der Waals surface area contributed by atoms with Gasteiger partial charge in [-0.05, 0) is 71.0 Å². The molecule has 2 atom stereocenters. The molecule has 0 aliphatic carbocycles. The molecule has 2 unspecified atom stereocenters. The Morgan fingerprint density at radius 1 is 0.744 bits per heavy atom. The standard InChI is InChI=1S/C21H19N2.C17H36O2.Ir/c1-21(2)16-10-4-5-13-19(16)23(3)20-15(9-8-11-17(20)21)18-12-6-7-14-22-18;1-10(2)16(11(3)4)14(18)9-15(19)17(12(5)6)13(7)8;/h4-8,10-14H,1-3H3;10-19H,9H2,1-8H3;/q-1;;. The summed E-state index contributed by atoms with van der Waals surface area (Å²) >= 11 is 0. The van der Waals surface area contributed by atoms with Crippen molar-refractivity contribution < 1.29 is 30.3 Å². The molecular weight excluding hydrogens is 709 g/mol.